The van der Waals surface area contributed by atoms with Crippen molar-refractivity contribution in [2.24, 2.45) is 0 Å². The van der Waals surface area contributed by atoms with Crippen molar-refractivity contribution in [3.63, 3.8) is 0 Å². The van der Waals surface area contributed by atoms with Crippen molar-refractivity contribution in [3.05, 3.63) is 66.0 Å². The molecule has 7 heteroatoms. The van der Waals surface area contributed by atoms with Gasteiger partial charge in [-0.05, 0) is 42.7 Å². The Morgan fingerprint density at radius 2 is 1.53 bits per heavy atom. The number of benzene rings is 2. The summed E-state index contributed by atoms with van der Waals surface area (Å²) >= 11 is 0. The zero-order valence-electron chi connectivity index (χ0n) is 17.1. The number of nitrogens with zero attached hydrogens (tertiary/aromatic N) is 1. The summed E-state index contributed by atoms with van der Waals surface area (Å²) < 4.78 is 40.8. The van der Waals surface area contributed by atoms with Crippen LogP contribution in [0.3, 0.4) is 0 Å². The fraction of sp³-hybridized carbons (Fsp3) is 0.435. The Hall–Kier alpha value is -2.25. The third-order valence-corrected chi connectivity index (χ3v) is 7.25. The summed E-state index contributed by atoms with van der Waals surface area (Å²) in [5.74, 6) is -0.694. The number of carbonyl (C=O) groups excluding carboxylic acids is 1. The lowest BCUT2D eigenvalue weighted by molar-refractivity contribution is -0.122. The SMILES string of the molecule is O=C(CN(Cc1ccc(F)cc1)S(=O)(=O)c1ccccc1)NC1CCCCCCC1. The number of carbonyl (C=O) groups is 1. The van der Waals surface area contributed by atoms with Gasteiger partial charge in [-0.3, -0.25) is 4.79 Å². The first-order valence-electron chi connectivity index (χ1n) is 10.5. The molecule has 0 unspecified atom stereocenters. The van der Waals surface area contributed by atoms with Gasteiger partial charge in [0.1, 0.15) is 5.82 Å². The molecular weight excluding hydrogens is 403 g/mol. The van der Waals surface area contributed by atoms with E-state index in [0.717, 1.165) is 30.0 Å². The molecule has 0 bridgehead atoms. The number of amides is 1. The second-order valence-corrected chi connectivity index (χ2v) is 9.76. The third kappa shape index (κ3) is 6.37. The van der Waals surface area contributed by atoms with Crippen molar-refractivity contribution >= 4 is 15.9 Å². The van der Waals surface area contributed by atoms with Crippen LogP contribution in [0.2, 0.25) is 0 Å². The molecule has 3 rings (SSSR count). The average Bonchev–Trinajstić information content (AvgIpc) is 2.71. The third-order valence-electron chi connectivity index (χ3n) is 5.44. The first kappa shape index (κ1) is 22.4. The van der Waals surface area contributed by atoms with E-state index in [4.69, 9.17) is 0 Å². The highest BCUT2D eigenvalue weighted by molar-refractivity contribution is 7.89. The molecule has 0 saturated heterocycles. The number of hydrogen-bond acceptors (Lipinski definition) is 3. The minimum Gasteiger partial charge on any atom is -0.352 e. The van der Waals surface area contributed by atoms with E-state index in [2.05, 4.69) is 5.32 Å². The number of halogens is 1. The summed E-state index contributed by atoms with van der Waals surface area (Å²) in [6.07, 6.45) is 7.59. The highest BCUT2D eigenvalue weighted by Crippen LogP contribution is 2.20. The van der Waals surface area contributed by atoms with Gasteiger partial charge in [-0.15, -0.1) is 0 Å². The zero-order valence-corrected chi connectivity index (χ0v) is 17.9. The number of hydrogen-bond donors (Lipinski definition) is 1. The number of rotatable bonds is 7. The lowest BCUT2D eigenvalue weighted by Crippen LogP contribution is -2.44. The van der Waals surface area contributed by atoms with E-state index in [0.29, 0.717) is 5.56 Å². The minimum atomic E-state index is -3.88. The van der Waals surface area contributed by atoms with Gasteiger partial charge >= 0.3 is 0 Å². The van der Waals surface area contributed by atoms with Gasteiger partial charge in [-0.25, -0.2) is 12.8 Å². The summed E-state index contributed by atoms with van der Waals surface area (Å²) in [7, 11) is -3.88. The van der Waals surface area contributed by atoms with Crippen molar-refractivity contribution in [3.8, 4) is 0 Å². The monoisotopic (exact) mass is 432 g/mol. The molecule has 5 nitrogen and oxygen atoms in total. The van der Waals surface area contributed by atoms with E-state index < -0.39 is 15.8 Å². The van der Waals surface area contributed by atoms with Crippen LogP contribution < -0.4 is 5.32 Å². The van der Waals surface area contributed by atoms with Crippen LogP contribution in [0.4, 0.5) is 4.39 Å². The van der Waals surface area contributed by atoms with E-state index in [1.165, 1.54) is 55.7 Å². The molecule has 0 radical (unpaired) electrons. The first-order chi connectivity index (χ1) is 14.4. The molecule has 1 N–H and O–H groups in total. The van der Waals surface area contributed by atoms with Gasteiger partial charge in [-0.2, -0.15) is 4.31 Å². The van der Waals surface area contributed by atoms with Crippen molar-refractivity contribution < 1.29 is 17.6 Å². The summed E-state index contributed by atoms with van der Waals surface area (Å²) in [5, 5.41) is 3.03. The maximum Gasteiger partial charge on any atom is 0.243 e. The zero-order chi connectivity index (χ0) is 21.4. The van der Waals surface area contributed by atoms with Crippen LogP contribution in [-0.2, 0) is 21.4 Å². The summed E-state index contributed by atoms with van der Waals surface area (Å²) in [6.45, 7) is -0.277. The van der Waals surface area contributed by atoms with E-state index in [9.17, 15) is 17.6 Å². The maximum atomic E-state index is 13.3. The second kappa shape index (κ2) is 10.7. The Kier molecular flexibility index (Phi) is 7.99. The lowest BCUT2D eigenvalue weighted by atomic mass is 9.97. The Morgan fingerprint density at radius 3 is 2.17 bits per heavy atom. The average molecular weight is 433 g/mol. The van der Waals surface area contributed by atoms with E-state index >= 15 is 0 Å². The Bertz CT molecular complexity index is 909. The molecule has 1 saturated carbocycles. The predicted molar refractivity (Wildman–Crippen MR) is 115 cm³/mol. The van der Waals surface area contributed by atoms with E-state index in [1.807, 2.05) is 0 Å². The van der Waals surface area contributed by atoms with Crippen molar-refractivity contribution in [1.29, 1.82) is 0 Å². The van der Waals surface area contributed by atoms with Crippen molar-refractivity contribution in [1.82, 2.24) is 9.62 Å². The van der Waals surface area contributed by atoms with Crippen LogP contribution >= 0.6 is 0 Å². The maximum absolute atomic E-state index is 13.3. The highest BCUT2D eigenvalue weighted by Gasteiger charge is 2.27. The molecule has 0 atom stereocenters. The van der Waals surface area contributed by atoms with E-state index in [-0.39, 0.29) is 29.9 Å². The number of sulfonamides is 1. The highest BCUT2D eigenvalue weighted by atomic mass is 32.2. The first-order valence-corrected chi connectivity index (χ1v) is 12.0. The van der Waals surface area contributed by atoms with E-state index in [1.54, 1.807) is 18.2 Å². The molecule has 1 amide bonds. The molecule has 1 aliphatic carbocycles. The van der Waals surface area contributed by atoms with Crippen LogP contribution in [0.5, 0.6) is 0 Å². The normalized spacial score (nSPS) is 16.1. The standard InChI is InChI=1S/C23H29FN2O3S/c24-20-15-13-19(14-16-20)17-26(30(28,29)22-11-7-4-8-12-22)18-23(27)25-21-9-5-2-1-3-6-10-21/h4,7-8,11-16,21H,1-3,5-6,9-10,17-18H2,(H,25,27). The van der Waals surface area contributed by atoms with Crippen LogP contribution in [-0.4, -0.2) is 31.2 Å². The fourth-order valence-corrected chi connectivity index (χ4v) is 5.20. The topological polar surface area (TPSA) is 66.5 Å². The molecule has 0 spiro atoms. The molecule has 2 aromatic carbocycles. The van der Waals surface area contributed by atoms with Crippen LogP contribution in [0.1, 0.15) is 50.5 Å². The molecule has 2 aromatic rings. The molecule has 0 aliphatic heterocycles. The Labute approximate surface area is 178 Å². The molecular formula is C23H29FN2O3S. The Balaban J connectivity index is 1.76. The minimum absolute atomic E-state index is 0.00437. The van der Waals surface area contributed by atoms with Gasteiger partial charge in [-0.1, -0.05) is 62.4 Å². The number of nitrogens with one attached hydrogen (secondary N) is 1. The van der Waals surface area contributed by atoms with Crippen LogP contribution in [0, 0.1) is 5.82 Å². The molecule has 0 aromatic heterocycles. The van der Waals surface area contributed by atoms with Crippen LogP contribution in [0.25, 0.3) is 0 Å². The Morgan fingerprint density at radius 1 is 0.933 bits per heavy atom. The quantitative estimate of drug-likeness (QED) is 0.711. The largest absolute Gasteiger partial charge is 0.352 e. The van der Waals surface area contributed by atoms with Gasteiger partial charge in [0.2, 0.25) is 15.9 Å². The van der Waals surface area contributed by atoms with Crippen molar-refractivity contribution in [2.75, 3.05) is 6.54 Å². The molecule has 1 fully saturated rings. The van der Waals surface area contributed by atoms with Gasteiger partial charge in [0.25, 0.3) is 0 Å². The molecule has 1 aliphatic rings. The fourth-order valence-electron chi connectivity index (χ4n) is 3.79. The van der Waals surface area contributed by atoms with Gasteiger partial charge in [0.15, 0.2) is 0 Å². The summed E-state index contributed by atoms with van der Waals surface area (Å²) in [6, 6.07) is 13.8. The second-order valence-electron chi connectivity index (χ2n) is 7.82. The molecule has 162 valence electrons. The predicted octanol–water partition coefficient (Wildman–Crippen LogP) is 4.25. The van der Waals surface area contributed by atoms with Gasteiger partial charge in [0, 0.05) is 12.6 Å². The summed E-state index contributed by atoms with van der Waals surface area (Å²) in [4.78, 5) is 12.9. The molecule has 30 heavy (non-hydrogen) atoms. The smallest absolute Gasteiger partial charge is 0.243 e. The van der Waals surface area contributed by atoms with Crippen molar-refractivity contribution in [2.45, 2.75) is 62.4 Å². The van der Waals surface area contributed by atoms with Gasteiger partial charge in [0.05, 0.1) is 11.4 Å². The summed E-state index contributed by atoms with van der Waals surface area (Å²) in [5.41, 5.74) is 0.620. The lowest BCUT2D eigenvalue weighted by Gasteiger charge is -2.25. The van der Waals surface area contributed by atoms with Gasteiger partial charge < -0.3 is 5.32 Å². The molecule has 0 heterocycles. The van der Waals surface area contributed by atoms with Crippen LogP contribution in [0.15, 0.2) is 59.5 Å².